The second kappa shape index (κ2) is 8.11. The monoisotopic (exact) mass is 409 g/mol. The number of benzene rings is 3. The molecule has 0 N–H and O–H groups in total. The molecule has 0 atom stereocenters. The lowest BCUT2D eigenvalue weighted by atomic mass is 10.1. The number of rotatable bonds is 3. The molecule has 1 aliphatic rings. The molecule has 1 saturated heterocycles. The quantitative estimate of drug-likeness (QED) is 0.515. The third-order valence-corrected chi connectivity index (χ3v) is 5.86. The summed E-state index contributed by atoms with van der Waals surface area (Å²) in [6, 6.07) is 27.3. The van der Waals surface area contributed by atoms with E-state index in [1.165, 1.54) is 27.1 Å². The Bertz CT molecular complexity index is 1290. The van der Waals surface area contributed by atoms with Gasteiger partial charge in [0.25, 0.3) is 11.5 Å². The fourth-order valence-corrected chi connectivity index (χ4v) is 4.13. The minimum absolute atomic E-state index is 0.0390. The van der Waals surface area contributed by atoms with Crippen LogP contribution in [0.25, 0.3) is 16.5 Å². The zero-order chi connectivity index (χ0) is 21.2. The van der Waals surface area contributed by atoms with E-state index in [0.717, 1.165) is 18.8 Å². The molecule has 1 fully saturated rings. The van der Waals surface area contributed by atoms with Gasteiger partial charge in [0, 0.05) is 49.8 Å². The van der Waals surface area contributed by atoms with Crippen molar-refractivity contribution in [2.75, 3.05) is 31.1 Å². The van der Waals surface area contributed by atoms with Crippen LogP contribution in [0.15, 0.2) is 95.9 Å². The van der Waals surface area contributed by atoms with Crippen LogP contribution in [0.2, 0.25) is 0 Å². The summed E-state index contributed by atoms with van der Waals surface area (Å²) in [5.74, 6) is -0.0390. The first-order chi connectivity index (χ1) is 15.2. The Kier molecular flexibility index (Phi) is 5.00. The number of anilines is 1. The summed E-state index contributed by atoms with van der Waals surface area (Å²) < 4.78 is 1.53. The molecule has 0 radical (unpaired) electrons. The summed E-state index contributed by atoms with van der Waals surface area (Å²) in [5, 5.41) is 2.45. The molecule has 1 aromatic heterocycles. The number of para-hydroxylation sites is 1. The van der Waals surface area contributed by atoms with Gasteiger partial charge in [-0.05, 0) is 41.1 Å². The average molecular weight is 409 g/mol. The molecule has 0 aliphatic carbocycles. The molecule has 154 valence electrons. The van der Waals surface area contributed by atoms with Gasteiger partial charge in [-0.3, -0.25) is 14.2 Å². The molecule has 1 amide bonds. The van der Waals surface area contributed by atoms with Crippen molar-refractivity contribution in [1.29, 1.82) is 0 Å². The molecule has 0 unspecified atom stereocenters. The first-order valence-corrected chi connectivity index (χ1v) is 10.5. The molecular weight excluding hydrogens is 386 g/mol. The highest BCUT2D eigenvalue weighted by Gasteiger charge is 2.23. The molecule has 0 spiro atoms. The van der Waals surface area contributed by atoms with Crippen LogP contribution in [0.3, 0.4) is 0 Å². The second-order valence-electron chi connectivity index (χ2n) is 7.77. The number of carbonyl (C=O) groups excluding carboxylic acids is 1. The van der Waals surface area contributed by atoms with Crippen molar-refractivity contribution in [2.24, 2.45) is 0 Å². The predicted molar refractivity (Wildman–Crippen MR) is 124 cm³/mol. The van der Waals surface area contributed by atoms with E-state index in [1.807, 2.05) is 41.3 Å². The molecule has 0 saturated carbocycles. The Morgan fingerprint density at radius 1 is 0.677 bits per heavy atom. The maximum atomic E-state index is 13.1. The van der Waals surface area contributed by atoms with Gasteiger partial charge in [-0.2, -0.15) is 0 Å². The van der Waals surface area contributed by atoms with Crippen LogP contribution in [0.1, 0.15) is 10.4 Å². The minimum atomic E-state index is -0.149. The largest absolute Gasteiger partial charge is 0.368 e. The van der Waals surface area contributed by atoms with Crippen molar-refractivity contribution in [3.8, 4) is 5.69 Å². The van der Waals surface area contributed by atoms with Crippen molar-refractivity contribution in [2.45, 2.75) is 0 Å². The van der Waals surface area contributed by atoms with Crippen LogP contribution in [0, 0.1) is 0 Å². The number of piperazine rings is 1. The van der Waals surface area contributed by atoms with E-state index >= 15 is 0 Å². The van der Waals surface area contributed by atoms with Gasteiger partial charge in [0.15, 0.2) is 0 Å². The van der Waals surface area contributed by atoms with Gasteiger partial charge in [0.1, 0.15) is 0 Å². The predicted octanol–water partition coefficient (Wildman–Crippen LogP) is 3.95. The van der Waals surface area contributed by atoms with Crippen LogP contribution in [-0.4, -0.2) is 41.6 Å². The lowest BCUT2D eigenvalue weighted by molar-refractivity contribution is 0.0746. The Morgan fingerprint density at radius 3 is 2.16 bits per heavy atom. The molecule has 4 aromatic rings. The molecule has 5 heteroatoms. The first kappa shape index (κ1) is 19.1. The highest BCUT2D eigenvalue weighted by atomic mass is 16.2. The maximum absolute atomic E-state index is 13.1. The van der Waals surface area contributed by atoms with E-state index in [-0.39, 0.29) is 11.5 Å². The Labute approximate surface area is 180 Å². The normalized spacial score (nSPS) is 14.1. The fraction of sp³-hybridized carbons (Fsp3) is 0.154. The van der Waals surface area contributed by atoms with Gasteiger partial charge in [-0.25, -0.2) is 0 Å². The number of nitrogens with zero attached hydrogens (tertiary/aromatic N) is 3. The third kappa shape index (κ3) is 3.82. The highest BCUT2D eigenvalue weighted by molar-refractivity contribution is 5.94. The Balaban J connectivity index is 1.31. The lowest BCUT2D eigenvalue weighted by Gasteiger charge is -2.36. The molecule has 1 aliphatic heterocycles. The van der Waals surface area contributed by atoms with Crippen LogP contribution >= 0.6 is 0 Å². The van der Waals surface area contributed by atoms with E-state index in [0.29, 0.717) is 18.7 Å². The molecule has 3 aromatic carbocycles. The number of aromatic nitrogens is 1. The standard InChI is InChI=1S/C26H23N3O2/c30-25-13-11-22(19-29(25)23-8-2-1-3-9-23)26(31)28-16-14-27(15-17-28)24-12-10-20-6-4-5-7-21(20)18-24/h1-13,18-19H,14-17H2. The van der Waals surface area contributed by atoms with Crippen LogP contribution < -0.4 is 10.5 Å². The fourth-order valence-electron chi connectivity index (χ4n) is 4.13. The molecule has 31 heavy (non-hydrogen) atoms. The van der Waals surface area contributed by atoms with Crippen LogP contribution in [0.4, 0.5) is 5.69 Å². The number of hydrogen-bond donors (Lipinski definition) is 0. The van der Waals surface area contributed by atoms with Crippen molar-refractivity contribution < 1.29 is 4.79 Å². The molecular formula is C26H23N3O2. The van der Waals surface area contributed by atoms with Crippen LogP contribution in [0.5, 0.6) is 0 Å². The number of hydrogen-bond acceptors (Lipinski definition) is 3. The molecule has 5 nitrogen and oxygen atoms in total. The van der Waals surface area contributed by atoms with Crippen molar-refractivity contribution in [3.63, 3.8) is 0 Å². The second-order valence-corrected chi connectivity index (χ2v) is 7.77. The van der Waals surface area contributed by atoms with Gasteiger partial charge >= 0.3 is 0 Å². The van der Waals surface area contributed by atoms with Crippen LogP contribution in [-0.2, 0) is 0 Å². The zero-order valence-corrected chi connectivity index (χ0v) is 17.1. The minimum Gasteiger partial charge on any atom is -0.368 e. The van der Waals surface area contributed by atoms with Gasteiger partial charge in [0.2, 0.25) is 0 Å². The number of pyridine rings is 1. The number of fused-ring (bicyclic) bond motifs is 1. The summed E-state index contributed by atoms with van der Waals surface area (Å²) in [4.78, 5) is 29.6. The summed E-state index contributed by atoms with van der Waals surface area (Å²) in [6.07, 6.45) is 1.65. The number of amides is 1. The van der Waals surface area contributed by atoms with Crippen molar-refractivity contribution in [3.05, 3.63) is 107 Å². The third-order valence-electron chi connectivity index (χ3n) is 5.86. The van der Waals surface area contributed by atoms with Gasteiger partial charge in [-0.15, -0.1) is 0 Å². The Morgan fingerprint density at radius 2 is 1.39 bits per heavy atom. The van der Waals surface area contributed by atoms with E-state index in [4.69, 9.17) is 0 Å². The summed E-state index contributed by atoms with van der Waals surface area (Å²) in [7, 11) is 0. The van der Waals surface area contributed by atoms with E-state index in [2.05, 4.69) is 41.3 Å². The Hall–Kier alpha value is -3.86. The topological polar surface area (TPSA) is 45.6 Å². The van der Waals surface area contributed by atoms with E-state index < -0.39 is 0 Å². The van der Waals surface area contributed by atoms with Gasteiger partial charge in [-0.1, -0.05) is 48.5 Å². The van der Waals surface area contributed by atoms with E-state index in [9.17, 15) is 9.59 Å². The van der Waals surface area contributed by atoms with Crippen molar-refractivity contribution in [1.82, 2.24) is 9.47 Å². The number of carbonyl (C=O) groups is 1. The SMILES string of the molecule is O=C(c1ccc(=O)n(-c2ccccc2)c1)N1CCN(c2ccc3ccccc3c2)CC1. The van der Waals surface area contributed by atoms with Crippen molar-refractivity contribution >= 4 is 22.4 Å². The molecule has 5 rings (SSSR count). The van der Waals surface area contributed by atoms with Gasteiger partial charge < -0.3 is 9.80 Å². The average Bonchev–Trinajstić information content (AvgIpc) is 2.84. The summed E-state index contributed by atoms with van der Waals surface area (Å²) in [5.41, 5.74) is 2.32. The highest BCUT2D eigenvalue weighted by Crippen LogP contribution is 2.23. The summed E-state index contributed by atoms with van der Waals surface area (Å²) >= 11 is 0. The molecule has 2 heterocycles. The first-order valence-electron chi connectivity index (χ1n) is 10.5. The summed E-state index contributed by atoms with van der Waals surface area (Å²) in [6.45, 7) is 2.86. The maximum Gasteiger partial charge on any atom is 0.255 e. The van der Waals surface area contributed by atoms with Gasteiger partial charge in [0.05, 0.1) is 5.56 Å². The molecule has 0 bridgehead atoms. The van der Waals surface area contributed by atoms with E-state index in [1.54, 1.807) is 12.3 Å². The lowest BCUT2D eigenvalue weighted by Crippen LogP contribution is -2.49. The zero-order valence-electron chi connectivity index (χ0n) is 17.1. The smallest absolute Gasteiger partial charge is 0.255 e.